The van der Waals surface area contributed by atoms with Crippen LogP contribution in [0.5, 0.6) is 11.5 Å². The number of nitrogens with zero attached hydrogens (tertiary/aromatic N) is 1. The standard InChI is InChI=1S/C21H21NO2S/c1-15-2-7-20-18(10-15)12-22(11-16-3-5-19(23)6-4-16)13-21(24-20)17-8-9-25-14-17/h2-10,14,21,23H,11-13H2,1H3/t21-/m1/s1. The molecule has 0 unspecified atom stereocenters. The van der Waals surface area contributed by atoms with Gasteiger partial charge in [0.05, 0.1) is 0 Å². The first kappa shape index (κ1) is 16.2. The molecule has 1 N–H and O–H groups in total. The van der Waals surface area contributed by atoms with Gasteiger partial charge >= 0.3 is 0 Å². The predicted octanol–water partition coefficient (Wildman–Crippen LogP) is 4.90. The van der Waals surface area contributed by atoms with Crippen molar-refractivity contribution in [2.45, 2.75) is 26.1 Å². The summed E-state index contributed by atoms with van der Waals surface area (Å²) in [5, 5.41) is 13.8. The zero-order valence-electron chi connectivity index (χ0n) is 14.2. The molecule has 3 nitrogen and oxygen atoms in total. The molecule has 25 heavy (non-hydrogen) atoms. The summed E-state index contributed by atoms with van der Waals surface area (Å²) in [5.74, 6) is 1.29. The predicted molar refractivity (Wildman–Crippen MR) is 101 cm³/mol. The van der Waals surface area contributed by atoms with Crippen LogP contribution in [0, 0.1) is 6.92 Å². The highest BCUT2D eigenvalue weighted by Crippen LogP contribution is 2.33. The summed E-state index contributed by atoms with van der Waals surface area (Å²) in [6, 6.07) is 16.0. The van der Waals surface area contributed by atoms with Crippen molar-refractivity contribution in [3.05, 3.63) is 81.5 Å². The first-order valence-corrected chi connectivity index (χ1v) is 9.40. The number of phenolic OH excluding ortho intramolecular Hbond substituents is 1. The zero-order chi connectivity index (χ0) is 17.2. The molecule has 0 fully saturated rings. The molecular weight excluding hydrogens is 330 g/mol. The Kier molecular flexibility index (Phi) is 4.47. The molecule has 0 amide bonds. The van der Waals surface area contributed by atoms with Crippen molar-refractivity contribution in [2.24, 2.45) is 0 Å². The van der Waals surface area contributed by atoms with E-state index in [1.54, 1.807) is 23.5 Å². The molecule has 4 heteroatoms. The molecule has 2 aromatic carbocycles. The summed E-state index contributed by atoms with van der Waals surface area (Å²) in [6.45, 7) is 4.65. The Morgan fingerprint density at radius 3 is 2.76 bits per heavy atom. The molecule has 4 rings (SSSR count). The summed E-state index contributed by atoms with van der Waals surface area (Å²) < 4.78 is 6.37. The Balaban J connectivity index is 1.64. The van der Waals surface area contributed by atoms with Crippen LogP contribution in [0.1, 0.15) is 28.4 Å². The van der Waals surface area contributed by atoms with Gasteiger partial charge in [-0.25, -0.2) is 0 Å². The minimum atomic E-state index is 0.0346. The lowest BCUT2D eigenvalue weighted by atomic mass is 10.1. The summed E-state index contributed by atoms with van der Waals surface area (Å²) in [6.07, 6.45) is 0.0346. The highest BCUT2D eigenvalue weighted by molar-refractivity contribution is 7.07. The molecular formula is C21H21NO2S. The van der Waals surface area contributed by atoms with Crippen molar-refractivity contribution in [1.82, 2.24) is 4.90 Å². The molecule has 3 aromatic rings. The molecule has 0 aliphatic carbocycles. The number of hydrogen-bond acceptors (Lipinski definition) is 4. The number of aryl methyl sites for hydroxylation is 1. The molecule has 0 spiro atoms. The monoisotopic (exact) mass is 351 g/mol. The average molecular weight is 351 g/mol. The Morgan fingerprint density at radius 2 is 2.00 bits per heavy atom. The second kappa shape index (κ2) is 6.90. The molecule has 0 radical (unpaired) electrons. The molecule has 1 aromatic heterocycles. The normalized spacial score (nSPS) is 17.6. The van der Waals surface area contributed by atoms with Gasteiger partial charge in [-0.1, -0.05) is 29.8 Å². The molecule has 1 atom stereocenters. The van der Waals surface area contributed by atoms with Gasteiger partial charge in [-0.3, -0.25) is 4.90 Å². The van der Waals surface area contributed by atoms with Crippen LogP contribution in [-0.4, -0.2) is 16.6 Å². The second-order valence-electron chi connectivity index (χ2n) is 6.61. The Morgan fingerprint density at radius 1 is 1.16 bits per heavy atom. The summed E-state index contributed by atoms with van der Waals surface area (Å²) in [5.41, 5.74) is 4.91. The van der Waals surface area contributed by atoms with E-state index in [1.807, 2.05) is 12.1 Å². The number of ether oxygens (including phenoxy) is 1. The van der Waals surface area contributed by atoms with Crippen molar-refractivity contribution in [3.8, 4) is 11.5 Å². The lowest BCUT2D eigenvalue weighted by Gasteiger charge is -2.23. The summed E-state index contributed by atoms with van der Waals surface area (Å²) in [7, 11) is 0. The van der Waals surface area contributed by atoms with Crippen molar-refractivity contribution < 1.29 is 9.84 Å². The molecule has 1 aliphatic rings. The fraction of sp³-hybridized carbons (Fsp3) is 0.238. The fourth-order valence-corrected chi connectivity index (χ4v) is 3.99. The van der Waals surface area contributed by atoms with Crippen LogP contribution in [0.15, 0.2) is 59.3 Å². The first-order valence-electron chi connectivity index (χ1n) is 8.46. The van der Waals surface area contributed by atoms with E-state index in [4.69, 9.17) is 4.74 Å². The fourth-order valence-electron chi connectivity index (χ4n) is 3.29. The van der Waals surface area contributed by atoms with E-state index < -0.39 is 0 Å². The van der Waals surface area contributed by atoms with E-state index in [9.17, 15) is 5.11 Å². The van der Waals surface area contributed by atoms with Gasteiger partial charge in [0.25, 0.3) is 0 Å². The van der Waals surface area contributed by atoms with Gasteiger partial charge in [0.15, 0.2) is 0 Å². The Bertz CT molecular complexity index is 843. The van der Waals surface area contributed by atoms with Crippen LogP contribution in [-0.2, 0) is 13.1 Å². The van der Waals surface area contributed by atoms with Crippen LogP contribution in [0.4, 0.5) is 0 Å². The van der Waals surface area contributed by atoms with Crippen LogP contribution >= 0.6 is 11.3 Å². The third kappa shape index (κ3) is 3.70. The Hall–Kier alpha value is -2.30. The summed E-state index contributed by atoms with van der Waals surface area (Å²) >= 11 is 1.70. The number of benzene rings is 2. The van der Waals surface area contributed by atoms with Gasteiger partial charge < -0.3 is 9.84 Å². The maximum Gasteiger partial charge on any atom is 0.137 e. The zero-order valence-corrected chi connectivity index (χ0v) is 15.0. The SMILES string of the molecule is Cc1ccc2c(c1)CN(Cc1ccc(O)cc1)C[C@H](c1ccsc1)O2. The van der Waals surface area contributed by atoms with Gasteiger partial charge in [0.2, 0.25) is 0 Å². The third-order valence-electron chi connectivity index (χ3n) is 4.56. The molecule has 0 saturated heterocycles. The quantitative estimate of drug-likeness (QED) is 0.729. The highest BCUT2D eigenvalue weighted by Gasteiger charge is 2.24. The van der Waals surface area contributed by atoms with Gasteiger partial charge in [0, 0.05) is 30.8 Å². The average Bonchev–Trinajstić information content (AvgIpc) is 3.07. The number of phenols is 1. The maximum atomic E-state index is 9.50. The maximum absolute atomic E-state index is 9.50. The molecule has 0 bridgehead atoms. The van der Waals surface area contributed by atoms with Gasteiger partial charge in [-0.2, -0.15) is 11.3 Å². The highest BCUT2D eigenvalue weighted by atomic mass is 32.1. The van der Waals surface area contributed by atoms with E-state index in [0.717, 1.165) is 25.4 Å². The van der Waals surface area contributed by atoms with E-state index >= 15 is 0 Å². The van der Waals surface area contributed by atoms with Crippen molar-refractivity contribution in [3.63, 3.8) is 0 Å². The minimum Gasteiger partial charge on any atom is -0.508 e. The van der Waals surface area contributed by atoms with Crippen LogP contribution in [0.3, 0.4) is 0 Å². The Labute approximate surface area is 152 Å². The van der Waals surface area contributed by atoms with Crippen LogP contribution in [0.2, 0.25) is 0 Å². The van der Waals surface area contributed by atoms with Gasteiger partial charge in [0.1, 0.15) is 17.6 Å². The van der Waals surface area contributed by atoms with Crippen LogP contribution < -0.4 is 4.74 Å². The topological polar surface area (TPSA) is 32.7 Å². The van der Waals surface area contributed by atoms with Crippen LogP contribution in [0.25, 0.3) is 0 Å². The van der Waals surface area contributed by atoms with E-state index in [2.05, 4.69) is 46.8 Å². The van der Waals surface area contributed by atoms with E-state index in [-0.39, 0.29) is 6.10 Å². The second-order valence-corrected chi connectivity index (χ2v) is 7.39. The smallest absolute Gasteiger partial charge is 0.137 e. The van der Waals surface area contributed by atoms with Crippen molar-refractivity contribution in [1.29, 1.82) is 0 Å². The lowest BCUT2D eigenvalue weighted by molar-refractivity contribution is 0.144. The summed E-state index contributed by atoms with van der Waals surface area (Å²) in [4.78, 5) is 2.42. The minimum absolute atomic E-state index is 0.0346. The first-order chi connectivity index (χ1) is 12.2. The molecule has 2 heterocycles. The molecule has 1 aliphatic heterocycles. The lowest BCUT2D eigenvalue weighted by Crippen LogP contribution is -2.27. The van der Waals surface area contributed by atoms with E-state index in [0.29, 0.717) is 5.75 Å². The largest absolute Gasteiger partial charge is 0.508 e. The number of fused-ring (bicyclic) bond motifs is 1. The van der Waals surface area contributed by atoms with E-state index in [1.165, 1.54) is 22.3 Å². The third-order valence-corrected chi connectivity index (χ3v) is 5.26. The number of rotatable bonds is 3. The number of thiophene rings is 1. The van der Waals surface area contributed by atoms with Crippen molar-refractivity contribution >= 4 is 11.3 Å². The molecule has 0 saturated carbocycles. The number of hydrogen-bond donors (Lipinski definition) is 1. The van der Waals surface area contributed by atoms with Gasteiger partial charge in [-0.15, -0.1) is 0 Å². The number of aromatic hydroxyl groups is 1. The molecule has 128 valence electrons. The van der Waals surface area contributed by atoms with Crippen molar-refractivity contribution in [2.75, 3.05) is 6.54 Å². The van der Waals surface area contributed by atoms with Gasteiger partial charge in [-0.05, 0) is 47.5 Å².